The number of carboxylic acid groups (broad SMARTS) is 2. The Morgan fingerprint density at radius 1 is 0.625 bits per heavy atom. The lowest BCUT2D eigenvalue weighted by Crippen LogP contribution is -2.58. The Hall–Kier alpha value is -5.31. The standard InChI is InChI=1S/C41H59N5O10/c1-23(2)19-28-13-15-29(16-14-28)38(52)44-31(20-24(3)4)33(47)22-34(48)46-36(25(5)6)40(54)42-26(7)37(51)43-30(17-18-35(49)50)39(53)45-32(41(55)56)21-27-11-9-8-10-12-27/h8-16,23-26,30-33,36,47H,17-22H2,1-7H3,(H,42,54)(H,43,51)(H,44,52)(H,45,53)(H,46,48)(H,49,50)(H,55,56)/t26-,30-,31?,32-,33+,36-/m1/s1. The summed E-state index contributed by atoms with van der Waals surface area (Å²) in [6, 6.07) is 9.75. The van der Waals surface area contributed by atoms with Gasteiger partial charge in [-0.25, -0.2) is 4.79 Å². The van der Waals surface area contributed by atoms with Crippen molar-refractivity contribution >= 4 is 41.5 Å². The van der Waals surface area contributed by atoms with Gasteiger partial charge in [0.25, 0.3) is 5.91 Å². The largest absolute Gasteiger partial charge is 0.481 e. The molecule has 0 bridgehead atoms. The average Bonchev–Trinajstić information content (AvgIpc) is 3.11. The monoisotopic (exact) mass is 781 g/mol. The second kappa shape index (κ2) is 22.9. The molecular formula is C41H59N5O10. The fourth-order valence-corrected chi connectivity index (χ4v) is 5.96. The van der Waals surface area contributed by atoms with Crippen LogP contribution in [-0.4, -0.2) is 93.1 Å². The van der Waals surface area contributed by atoms with E-state index >= 15 is 0 Å². The number of aliphatic hydroxyl groups excluding tert-OH is 1. The summed E-state index contributed by atoms with van der Waals surface area (Å²) in [7, 11) is 0. The molecule has 15 heteroatoms. The second-order valence-corrected chi connectivity index (χ2v) is 15.4. The number of aliphatic hydroxyl groups is 1. The molecule has 2 aromatic carbocycles. The minimum Gasteiger partial charge on any atom is -0.481 e. The summed E-state index contributed by atoms with van der Waals surface area (Å²) in [5.74, 6) is -6.10. The Kier molecular flexibility index (Phi) is 19.2. The third-order valence-corrected chi connectivity index (χ3v) is 8.96. The second-order valence-electron chi connectivity index (χ2n) is 15.4. The summed E-state index contributed by atoms with van der Waals surface area (Å²) in [6.07, 6.45) is -1.41. The van der Waals surface area contributed by atoms with Gasteiger partial charge in [-0.05, 0) is 67.2 Å². The van der Waals surface area contributed by atoms with Crippen molar-refractivity contribution in [2.24, 2.45) is 17.8 Å². The van der Waals surface area contributed by atoms with E-state index in [-0.39, 0.29) is 18.8 Å². The average molecular weight is 782 g/mol. The normalized spacial score (nSPS) is 14.5. The van der Waals surface area contributed by atoms with Gasteiger partial charge in [-0.3, -0.25) is 28.8 Å². The molecule has 2 aromatic rings. The van der Waals surface area contributed by atoms with Crippen LogP contribution in [0.2, 0.25) is 0 Å². The van der Waals surface area contributed by atoms with Gasteiger partial charge in [0.05, 0.1) is 18.6 Å². The van der Waals surface area contributed by atoms with Crippen LogP contribution in [0.3, 0.4) is 0 Å². The van der Waals surface area contributed by atoms with Crippen LogP contribution in [0.15, 0.2) is 54.6 Å². The molecule has 2 rings (SSSR count). The zero-order valence-corrected chi connectivity index (χ0v) is 33.3. The zero-order chi connectivity index (χ0) is 42.1. The lowest BCUT2D eigenvalue weighted by atomic mass is 9.96. The Balaban J connectivity index is 2.07. The molecule has 0 radical (unpaired) electrons. The van der Waals surface area contributed by atoms with Crippen LogP contribution < -0.4 is 26.6 Å². The molecule has 5 amide bonds. The van der Waals surface area contributed by atoms with Crippen LogP contribution in [0.5, 0.6) is 0 Å². The van der Waals surface area contributed by atoms with Crippen LogP contribution >= 0.6 is 0 Å². The maximum absolute atomic E-state index is 13.4. The molecule has 56 heavy (non-hydrogen) atoms. The lowest BCUT2D eigenvalue weighted by Gasteiger charge is -2.28. The highest BCUT2D eigenvalue weighted by molar-refractivity contribution is 5.96. The van der Waals surface area contributed by atoms with Gasteiger partial charge in [0.1, 0.15) is 24.2 Å². The molecule has 6 atom stereocenters. The lowest BCUT2D eigenvalue weighted by molar-refractivity contribution is -0.143. The molecular weight excluding hydrogens is 722 g/mol. The first-order chi connectivity index (χ1) is 26.3. The number of benzene rings is 2. The molecule has 0 spiro atoms. The van der Waals surface area contributed by atoms with E-state index in [1.165, 1.54) is 6.92 Å². The van der Waals surface area contributed by atoms with Gasteiger partial charge in [-0.15, -0.1) is 0 Å². The van der Waals surface area contributed by atoms with Gasteiger partial charge in [-0.2, -0.15) is 0 Å². The molecule has 0 saturated carbocycles. The number of hydrogen-bond donors (Lipinski definition) is 8. The molecule has 308 valence electrons. The quantitative estimate of drug-likeness (QED) is 0.0820. The van der Waals surface area contributed by atoms with Crippen LogP contribution in [0.25, 0.3) is 0 Å². The van der Waals surface area contributed by atoms with E-state index in [1.807, 2.05) is 26.0 Å². The fourth-order valence-electron chi connectivity index (χ4n) is 5.96. The van der Waals surface area contributed by atoms with Crippen LogP contribution in [0, 0.1) is 17.8 Å². The van der Waals surface area contributed by atoms with Crippen molar-refractivity contribution in [3.05, 3.63) is 71.3 Å². The van der Waals surface area contributed by atoms with Gasteiger partial charge in [0, 0.05) is 18.4 Å². The molecule has 0 aliphatic rings. The molecule has 0 fully saturated rings. The number of rotatable bonds is 23. The van der Waals surface area contributed by atoms with Crippen molar-refractivity contribution in [3.63, 3.8) is 0 Å². The molecule has 8 N–H and O–H groups in total. The highest BCUT2D eigenvalue weighted by Gasteiger charge is 2.32. The maximum Gasteiger partial charge on any atom is 0.326 e. The van der Waals surface area contributed by atoms with Crippen molar-refractivity contribution in [2.75, 3.05) is 0 Å². The van der Waals surface area contributed by atoms with E-state index in [9.17, 15) is 48.9 Å². The van der Waals surface area contributed by atoms with Crippen molar-refractivity contribution < 1.29 is 48.9 Å². The van der Waals surface area contributed by atoms with E-state index in [1.54, 1.807) is 56.3 Å². The van der Waals surface area contributed by atoms with Crippen molar-refractivity contribution in [1.29, 1.82) is 0 Å². The minimum absolute atomic E-state index is 0.0621. The number of carbonyl (C=O) groups is 7. The third-order valence-electron chi connectivity index (χ3n) is 8.96. The van der Waals surface area contributed by atoms with E-state index in [4.69, 9.17) is 0 Å². The predicted molar refractivity (Wildman–Crippen MR) is 209 cm³/mol. The van der Waals surface area contributed by atoms with Gasteiger partial charge in [-0.1, -0.05) is 84.0 Å². The maximum atomic E-state index is 13.4. The highest BCUT2D eigenvalue weighted by atomic mass is 16.4. The van der Waals surface area contributed by atoms with Crippen molar-refractivity contribution in [3.8, 4) is 0 Å². The van der Waals surface area contributed by atoms with Crippen molar-refractivity contribution in [2.45, 2.75) is 123 Å². The van der Waals surface area contributed by atoms with Crippen LogP contribution in [0.1, 0.15) is 95.6 Å². The molecule has 1 unspecified atom stereocenters. The van der Waals surface area contributed by atoms with Gasteiger partial charge in [0.15, 0.2) is 0 Å². The summed E-state index contributed by atoms with van der Waals surface area (Å²) >= 11 is 0. The highest BCUT2D eigenvalue weighted by Crippen LogP contribution is 2.15. The molecule has 0 aliphatic carbocycles. The van der Waals surface area contributed by atoms with Crippen molar-refractivity contribution in [1.82, 2.24) is 26.6 Å². The fraction of sp³-hybridized carbons (Fsp3) is 0.537. The Labute approximate surface area is 328 Å². The Bertz CT molecular complexity index is 1630. The number of amides is 5. The Morgan fingerprint density at radius 2 is 1.21 bits per heavy atom. The number of nitrogens with one attached hydrogen (secondary N) is 5. The first kappa shape index (κ1) is 46.8. The van der Waals surface area contributed by atoms with Gasteiger partial charge >= 0.3 is 11.9 Å². The summed E-state index contributed by atoms with van der Waals surface area (Å²) < 4.78 is 0. The molecule has 0 aromatic heterocycles. The van der Waals surface area contributed by atoms with E-state index < -0.39 is 96.5 Å². The molecule has 0 aliphatic heterocycles. The van der Waals surface area contributed by atoms with Crippen LogP contribution in [-0.2, 0) is 41.6 Å². The Morgan fingerprint density at radius 3 is 1.75 bits per heavy atom. The molecule has 15 nitrogen and oxygen atoms in total. The topological polar surface area (TPSA) is 240 Å². The first-order valence-corrected chi connectivity index (χ1v) is 19.0. The minimum atomic E-state index is -1.44. The summed E-state index contributed by atoms with van der Waals surface area (Å²) in [6.45, 7) is 12.7. The number of hydrogen-bond acceptors (Lipinski definition) is 8. The summed E-state index contributed by atoms with van der Waals surface area (Å²) in [5.41, 5.74) is 2.14. The van der Waals surface area contributed by atoms with E-state index in [0.29, 0.717) is 23.5 Å². The summed E-state index contributed by atoms with van der Waals surface area (Å²) in [5, 5.41) is 42.8. The first-order valence-electron chi connectivity index (χ1n) is 19.0. The SMILES string of the molecule is CC(C)Cc1ccc(C(=O)NC(CC(C)C)[C@@H](O)CC(=O)N[C@@H](C(=O)N[C@H](C)C(=O)N[C@H](CCC(=O)O)C(=O)N[C@H](Cc2ccccc2)C(=O)O)C(C)C)cc1. The van der Waals surface area contributed by atoms with E-state index in [0.717, 1.165) is 12.0 Å². The number of aliphatic carboxylic acids is 2. The van der Waals surface area contributed by atoms with Crippen LogP contribution in [0.4, 0.5) is 0 Å². The summed E-state index contributed by atoms with van der Waals surface area (Å²) in [4.78, 5) is 89.3. The predicted octanol–water partition coefficient (Wildman–Crippen LogP) is 2.59. The smallest absolute Gasteiger partial charge is 0.326 e. The molecule has 0 heterocycles. The van der Waals surface area contributed by atoms with E-state index in [2.05, 4.69) is 40.4 Å². The van der Waals surface area contributed by atoms with Gasteiger partial charge in [0.2, 0.25) is 23.6 Å². The van der Waals surface area contributed by atoms with Gasteiger partial charge < -0.3 is 41.9 Å². The number of carboxylic acids is 2. The number of carbonyl (C=O) groups excluding carboxylic acids is 5. The zero-order valence-electron chi connectivity index (χ0n) is 33.3. The third kappa shape index (κ3) is 16.6. The molecule has 0 saturated heterocycles.